The molecule has 0 spiro atoms. The lowest BCUT2D eigenvalue weighted by Crippen LogP contribution is -2.24. The molecule has 0 bridgehead atoms. The average molecular weight is 369 g/mol. The van der Waals surface area contributed by atoms with Gasteiger partial charge in [-0.2, -0.15) is 5.10 Å². The Balaban J connectivity index is 1.91. The molecule has 24 heavy (non-hydrogen) atoms. The Hall–Kier alpha value is -2.44. The maximum atomic E-state index is 11.7. The highest BCUT2D eigenvalue weighted by molar-refractivity contribution is 6.32. The first-order valence-corrected chi connectivity index (χ1v) is 7.52. The molecule has 0 saturated heterocycles. The van der Waals surface area contributed by atoms with Crippen LogP contribution in [0.3, 0.4) is 0 Å². The van der Waals surface area contributed by atoms with Crippen LogP contribution in [0.5, 0.6) is 17.2 Å². The lowest BCUT2D eigenvalue weighted by atomic mass is 10.2. The fourth-order valence-electron chi connectivity index (χ4n) is 1.74. The minimum Gasteiger partial charge on any atom is -0.503 e. The minimum atomic E-state index is -0.456. The zero-order valence-corrected chi connectivity index (χ0v) is 14.1. The molecule has 2 aromatic rings. The molecule has 0 saturated carbocycles. The number of phenolic OH excluding ortho intramolecular Hbond substituents is 1. The third-order valence-electron chi connectivity index (χ3n) is 2.87. The molecule has 126 valence electrons. The summed E-state index contributed by atoms with van der Waals surface area (Å²) in [5.74, 6) is 0.00202. The fourth-order valence-corrected chi connectivity index (χ4v) is 2.15. The van der Waals surface area contributed by atoms with Crippen molar-refractivity contribution < 1.29 is 19.4 Å². The number of benzene rings is 2. The molecule has 8 heteroatoms. The van der Waals surface area contributed by atoms with Crippen molar-refractivity contribution in [3.63, 3.8) is 0 Å². The number of para-hydroxylation sites is 1. The van der Waals surface area contributed by atoms with Crippen LogP contribution in [0.2, 0.25) is 10.0 Å². The number of rotatable bonds is 6. The Kier molecular flexibility index (Phi) is 6.28. The average Bonchev–Trinajstić information content (AvgIpc) is 2.57. The van der Waals surface area contributed by atoms with E-state index < -0.39 is 5.91 Å². The van der Waals surface area contributed by atoms with Gasteiger partial charge in [0.05, 0.1) is 23.4 Å². The Morgan fingerprint density at radius 2 is 2.00 bits per heavy atom. The zero-order chi connectivity index (χ0) is 17.5. The number of amides is 1. The van der Waals surface area contributed by atoms with Crippen LogP contribution in [0.1, 0.15) is 5.56 Å². The number of ether oxygens (including phenoxy) is 2. The predicted molar refractivity (Wildman–Crippen MR) is 92.4 cm³/mol. The number of aromatic hydroxyl groups is 1. The van der Waals surface area contributed by atoms with Crippen LogP contribution in [0.25, 0.3) is 0 Å². The maximum Gasteiger partial charge on any atom is 0.277 e. The second kappa shape index (κ2) is 8.42. The topological polar surface area (TPSA) is 80.2 Å². The highest BCUT2D eigenvalue weighted by Crippen LogP contribution is 2.34. The van der Waals surface area contributed by atoms with E-state index in [1.54, 1.807) is 24.3 Å². The van der Waals surface area contributed by atoms with Gasteiger partial charge < -0.3 is 14.6 Å². The van der Waals surface area contributed by atoms with Crippen molar-refractivity contribution in [2.75, 3.05) is 13.7 Å². The Morgan fingerprint density at radius 3 is 2.71 bits per heavy atom. The first-order chi connectivity index (χ1) is 11.5. The molecule has 0 fully saturated rings. The van der Waals surface area contributed by atoms with Crippen LogP contribution < -0.4 is 14.9 Å². The fraction of sp³-hybridized carbons (Fsp3) is 0.125. The summed E-state index contributed by atoms with van der Waals surface area (Å²) in [6, 6.07) is 9.83. The molecule has 2 aromatic carbocycles. The number of hydrogen-bond acceptors (Lipinski definition) is 5. The van der Waals surface area contributed by atoms with E-state index in [4.69, 9.17) is 32.7 Å². The number of halogens is 2. The Bertz CT molecular complexity index is 766. The van der Waals surface area contributed by atoms with Gasteiger partial charge in [-0.15, -0.1) is 0 Å². The summed E-state index contributed by atoms with van der Waals surface area (Å²) in [7, 11) is 1.40. The molecule has 0 radical (unpaired) electrons. The summed E-state index contributed by atoms with van der Waals surface area (Å²) in [5.41, 5.74) is 2.85. The molecule has 1 amide bonds. The molecule has 6 nitrogen and oxygen atoms in total. The molecule has 2 N–H and O–H groups in total. The van der Waals surface area contributed by atoms with Crippen molar-refractivity contribution in [1.82, 2.24) is 5.43 Å². The minimum absolute atomic E-state index is 0.115. The van der Waals surface area contributed by atoms with E-state index >= 15 is 0 Å². The van der Waals surface area contributed by atoms with E-state index in [9.17, 15) is 9.90 Å². The van der Waals surface area contributed by atoms with Gasteiger partial charge in [0, 0.05) is 0 Å². The monoisotopic (exact) mass is 368 g/mol. The zero-order valence-electron chi connectivity index (χ0n) is 12.6. The van der Waals surface area contributed by atoms with Crippen molar-refractivity contribution in [2.45, 2.75) is 0 Å². The summed E-state index contributed by atoms with van der Waals surface area (Å²) in [5, 5.41) is 14.0. The molecule has 0 heterocycles. The normalized spacial score (nSPS) is 10.6. The van der Waals surface area contributed by atoms with Crippen LogP contribution in [-0.4, -0.2) is 30.9 Å². The first kappa shape index (κ1) is 17.9. The van der Waals surface area contributed by atoms with E-state index in [1.807, 2.05) is 0 Å². The Labute approximate surface area is 148 Å². The van der Waals surface area contributed by atoms with Crippen LogP contribution >= 0.6 is 23.2 Å². The van der Waals surface area contributed by atoms with Crippen molar-refractivity contribution in [1.29, 1.82) is 0 Å². The van der Waals surface area contributed by atoms with E-state index in [1.165, 1.54) is 25.5 Å². The third-order valence-corrected chi connectivity index (χ3v) is 3.47. The van der Waals surface area contributed by atoms with E-state index in [0.29, 0.717) is 16.3 Å². The quantitative estimate of drug-likeness (QED) is 0.605. The van der Waals surface area contributed by atoms with Gasteiger partial charge in [-0.25, -0.2) is 5.43 Å². The number of carbonyl (C=O) groups is 1. The van der Waals surface area contributed by atoms with Crippen molar-refractivity contribution in [3.05, 3.63) is 52.0 Å². The second-order valence-electron chi connectivity index (χ2n) is 4.57. The first-order valence-electron chi connectivity index (χ1n) is 6.77. The molecular formula is C16H14Cl2N2O4. The molecule has 2 rings (SSSR count). The number of hydrazone groups is 1. The molecular weight excluding hydrogens is 355 g/mol. The van der Waals surface area contributed by atoms with Gasteiger partial charge in [0.1, 0.15) is 5.75 Å². The largest absolute Gasteiger partial charge is 0.503 e. The van der Waals surface area contributed by atoms with E-state index in [2.05, 4.69) is 10.5 Å². The van der Waals surface area contributed by atoms with Crippen LogP contribution in [0.4, 0.5) is 0 Å². The van der Waals surface area contributed by atoms with Crippen LogP contribution in [0.15, 0.2) is 41.5 Å². The standard InChI is InChI=1S/C16H14Cl2N2O4/c1-23-14-7-10(6-12(18)16(14)22)8-19-20-15(21)9-24-13-5-3-2-4-11(13)17/h2-8,22H,9H2,1H3,(H,20,21)/b19-8-. The van der Waals surface area contributed by atoms with Gasteiger partial charge in [0.25, 0.3) is 5.91 Å². The van der Waals surface area contributed by atoms with Crippen LogP contribution in [0, 0.1) is 0 Å². The summed E-state index contributed by atoms with van der Waals surface area (Å²) >= 11 is 11.8. The molecule has 0 unspecified atom stereocenters. The SMILES string of the molecule is COc1cc(/C=N\NC(=O)COc2ccccc2Cl)cc(Cl)c1O. The van der Waals surface area contributed by atoms with E-state index in [-0.39, 0.29) is 23.1 Å². The second-order valence-corrected chi connectivity index (χ2v) is 5.38. The third kappa shape index (κ3) is 4.78. The van der Waals surface area contributed by atoms with Gasteiger partial charge in [-0.3, -0.25) is 4.79 Å². The predicted octanol–water partition coefficient (Wildman–Crippen LogP) is 3.24. The van der Waals surface area contributed by atoms with Crippen molar-refractivity contribution in [2.24, 2.45) is 5.10 Å². The van der Waals surface area contributed by atoms with Gasteiger partial charge in [-0.05, 0) is 29.8 Å². The molecule has 0 aromatic heterocycles. The lowest BCUT2D eigenvalue weighted by Gasteiger charge is -2.07. The summed E-state index contributed by atoms with van der Waals surface area (Å²) in [4.78, 5) is 11.7. The Morgan fingerprint density at radius 1 is 1.25 bits per heavy atom. The van der Waals surface area contributed by atoms with Gasteiger partial charge >= 0.3 is 0 Å². The number of nitrogens with zero attached hydrogens (tertiary/aromatic N) is 1. The number of carbonyl (C=O) groups excluding carboxylic acids is 1. The van der Waals surface area contributed by atoms with Crippen LogP contribution in [-0.2, 0) is 4.79 Å². The maximum absolute atomic E-state index is 11.7. The van der Waals surface area contributed by atoms with Gasteiger partial charge in [0.2, 0.25) is 0 Å². The van der Waals surface area contributed by atoms with Gasteiger partial charge in [0.15, 0.2) is 18.1 Å². The smallest absolute Gasteiger partial charge is 0.277 e. The molecule has 0 aliphatic rings. The lowest BCUT2D eigenvalue weighted by molar-refractivity contribution is -0.123. The van der Waals surface area contributed by atoms with Crippen molar-refractivity contribution in [3.8, 4) is 17.2 Å². The van der Waals surface area contributed by atoms with Crippen molar-refractivity contribution >= 4 is 35.3 Å². The summed E-state index contributed by atoms with van der Waals surface area (Å²) in [6.45, 7) is -0.235. The number of nitrogens with one attached hydrogen (secondary N) is 1. The van der Waals surface area contributed by atoms with Gasteiger partial charge in [-0.1, -0.05) is 35.3 Å². The molecule has 0 aliphatic carbocycles. The summed E-state index contributed by atoms with van der Waals surface area (Å²) in [6.07, 6.45) is 1.36. The van der Waals surface area contributed by atoms with E-state index in [0.717, 1.165) is 0 Å². The highest BCUT2D eigenvalue weighted by atomic mass is 35.5. The number of methoxy groups -OCH3 is 1. The highest BCUT2D eigenvalue weighted by Gasteiger charge is 2.08. The molecule has 0 atom stereocenters. The summed E-state index contributed by atoms with van der Waals surface area (Å²) < 4.78 is 10.3. The molecule has 0 aliphatic heterocycles. The number of hydrogen-bond donors (Lipinski definition) is 2. The number of phenols is 1.